The van der Waals surface area contributed by atoms with Gasteiger partial charge in [-0.2, -0.15) is 5.10 Å². The number of halogens is 1. The van der Waals surface area contributed by atoms with Crippen LogP contribution in [0.3, 0.4) is 0 Å². The minimum absolute atomic E-state index is 0.0137. The van der Waals surface area contributed by atoms with E-state index >= 15 is 0 Å². The lowest BCUT2D eigenvalue weighted by Gasteiger charge is -2.15. The van der Waals surface area contributed by atoms with E-state index in [1.165, 1.54) is 6.07 Å². The normalized spacial score (nSPS) is 10.8. The number of hydrogen-bond acceptors (Lipinski definition) is 4. The number of para-hydroxylation sites is 2. The number of hydrogen-bond donors (Lipinski definition) is 2. The van der Waals surface area contributed by atoms with Crippen molar-refractivity contribution < 1.29 is 13.9 Å². The Morgan fingerprint density at radius 3 is 2.64 bits per heavy atom. The molecule has 0 saturated heterocycles. The largest absolute Gasteiger partial charge is 0.493 e. The fraction of sp³-hybridized carbons (Fsp3) is 0.222. The van der Waals surface area contributed by atoms with E-state index in [4.69, 9.17) is 21.7 Å². The first-order valence-electron chi connectivity index (χ1n) is 7.69. The predicted molar refractivity (Wildman–Crippen MR) is 102 cm³/mol. The van der Waals surface area contributed by atoms with E-state index in [1.54, 1.807) is 31.5 Å². The van der Waals surface area contributed by atoms with Crippen LogP contribution in [0.2, 0.25) is 0 Å². The molecule has 7 heteroatoms. The van der Waals surface area contributed by atoms with Gasteiger partial charge in [0.05, 0.1) is 25.1 Å². The number of anilines is 1. The standard InChI is InChI=1S/C18H20FN3O2S/c1-12(2)24-17-13(7-6-10-16(17)23-3)11-20-22-18(25)21-15-9-5-4-8-14(15)19/h4-12H,1-3H3,(H2,21,22,25)/b20-11-. The highest BCUT2D eigenvalue weighted by Gasteiger charge is 2.11. The average molecular weight is 361 g/mol. The molecule has 0 fully saturated rings. The van der Waals surface area contributed by atoms with Gasteiger partial charge in [0, 0.05) is 5.56 Å². The summed E-state index contributed by atoms with van der Waals surface area (Å²) in [7, 11) is 1.58. The van der Waals surface area contributed by atoms with Crippen molar-refractivity contribution in [1.29, 1.82) is 0 Å². The summed E-state index contributed by atoms with van der Waals surface area (Å²) in [5.74, 6) is 0.819. The summed E-state index contributed by atoms with van der Waals surface area (Å²) < 4.78 is 24.7. The number of benzene rings is 2. The first-order chi connectivity index (χ1) is 12.0. The van der Waals surface area contributed by atoms with Gasteiger partial charge in [-0.3, -0.25) is 5.43 Å². The summed E-state index contributed by atoms with van der Waals surface area (Å²) in [5, 5.41) is 6.99. The molecule has 0 bridgehead atoms. The topological polar surface area (TPSA) is 54.9 Å². The molecule has 0 atom stereocenters. The smallest absolute Gasteiger partial charge is 0.191 e. The van der Waals surface area contributed by atoms with Crippen LogP contribution in [-0.2, 0) is 0 Å². The van der Waals surface area contributed by atoms with Gasteiger partial charge in [-0.05, 0) is 50.3 Å². The van der Waals surface area contributed by atoms with Crippen LogP contribution in [0.1, 0.15) is 19.4 Å². The Balaban J connectivity index is 2.06. The highest BCUT2D eigenvalue weighted by Crippen LogP contribution is 2.30. The summed E-state index contributed by atoms with van der Waals surface area (Å²) in [6, 6.07) is 11.7. The second-order valence-electron chi connectivity index (χ2n) is 5.35. The van der Waals surface area contributed by atoms with Crippen molar-refractivity contribution >= 4 is 29.2 Å². The third-order valence-corrected chi connectivity index (χ3v) is 3.27. The maximum absolute atomic E-state index is 13.6. The maximum Gasteiger partial charge on any atom is 0.191 e. The van der Waals surface area contributed by atoms with Crippen molar-refractivity contribution in [1.82, 2.24) is 5.43 Å². The number of methoxy groups -OCH3 is 1. The van der Waals surface area contributed by atoms with Crippen molar-refractivity contribution in [3.05, 3.63) is 53.8 Å². The fourth-order valence-electron chi connectivity index (χ4n) is 2.03. The van der Waals surface area contributed by atoms with Gasteiger partial charge in [0.1, 0.15) is 5.82 Å². The number of ether oxygens (including phenoxy) is 2. The summed E-state index contributed by atoms with van der Waals surface area (Å²) >= 11 is 5.10. The fourth-order valence-corrected chi connectivity index (χ4v) is 2.19. The van der Waals surface area contributed by atoms with E-state index in [9.17, 15) is 4.39 Å². The molecule has 5 nitrogen and oxygen atoms in total. The molecule has 0 heterocycles. The van der Waals surface area contributed by atoms with Crippen LogP contribution in [-0.4, -0.2) is 24.5 Å². The third kappa shape index (κ3) is 5.42. The molecule has 0 unspecified atom stereocenters. The molecule has 25 heavy (non-hydrogen) atoms. The molecule has 0 radical (unpaired) electrons. The first-order valence-corrected chi connectivity index (χ1v) is 8.10. The third-order valence-electron chi connectivity index (χ3n) is 3.07. The second kappa shape index (κ2) is 8.98. The Bertz CT molecular complexity index is 766. The van der Waals surface area contributed by atoms with Crippen LogP contribution in [0.5, 0.6) is 11.5 Å². The number of hydrazone groups is 1. The van der Waals surface area contributed by atoms with Crippen LogP contribution in [0, 0.1) is 5.82 Å². The molecular weight excluding hydrogens is 341 g/mol. The summed E-state index contributed by atoms with van der Waals surface area (Å²) in [4.78, 5) is 0. The molecule has 2 rings (SSSR count). The van der Waals surface area contributed by atoms with Crippen molar-refractivity contribution in [3.8, 4) is 11.5 Å². The van der Waals surface area contributed by atoms with E-state index < -0.39 is 5.82 Å². The van der Waals surface area contributed by atoms with Crippen LogP contribution >= 0.6 is 12.2 Å². The van der Waals surface area contributed by atoms with E-state index in [-0.39, 0.29) is 16.9 Å². The maximum atomic E-state index is 13.6. The van der Waals surface area contributed by atoms with Crippen molar-refractivity contribution in [2.75, 3.05) is 12.4 Å². The lowest BCUT2D eigenvalue weighted by atomic mass is 10.2. The minimum atomic E-state index is -0.393. The Morgan fingerprint density at radius 2 is 1.96 bits per heavy atom. The number of rotatable bonds is 6. The Labute approximate surface area is 151 Å². The van der Waals surface area contributed by atoms with Crippen molar-refractivity contribution in [3.63, 3.8) is 0 Å². The van der Waals surface area contributed by atoms with Crippen LogP contribution in [0.25, 0.3) is 0 Å². The SMILES string of the molecule is COc1cccc(/C=N\NC(=S)Nc2ccccc2F)c1OC(C)C. The molecular formula is C18H20FN3O2S. The van der Waals surface area contributed by atoms with E-state index in [0.717, 1.165) is 5.56 Å². The number of thiocarbonyl (C=S) groups is 1. The zero-order valence-corrected chi connectivity index (χ0v) is 15.1. The van der Waals surface area contributed by atoms with Gasteiger partial charge in [-0.15, -0.1) is 0 Å². The predicted octanol–water partition coefficient (Wildman–Crippen LogP) is 3.94. The van der Waals surface area contributed by atoms with Gasteiger partial charge in [-0.1, -0.05) is 18.2 Å². The molecule has 0 spiro atoms. The molecule has 0 aliphatic rings. The molecule has 0 aromatic heterocycles. The van der Waals surface area contributed by atoms with Gasteiger partial charge in [0.25, 0.3) is 0 Å². The summed E-state index contributed by atoms with van der Waals surface area (Å²) in [6.07, 6.45) is 1.55. The van der Waals surface area contributed by atoms with E-state index in [0.29, 0.717) is 11.5 Å². The molecule has 132 valence electrons. The van der Waals surface area contributed by atoms with Gasteiger partial charge < -0.3 is 14.8 Å². The Morgan fingerprint density at radius 1 is 1.20 bits per heavy atom. The highest BCUT2D eigenvalue weighted by molar-refractivity contribution is 7.80. The molecule has 0 aliphatic carbocycles. The lowest BCUT2D eigenvalue weighted by molar-refractivity contribution is 0.230. The zero-order valence-electron chi connectivity index (χ0n) is 14.2. The molecule has 2 aromatic carbocycles. The molecule has 2 N–H and O–H groups in total. The quantitative estimate of drug-likeness (QED) is 0.464. The number of nitrogens with zero attached hydrogens (tertiary/aromatic N) is 1. The van der Waals surface area contributed by atoms with Gasteiger partial charge >= 0.3 is 0 Å². The van der Waals surface area contributed by atoms with Gasteiger partial charge in [0.2, 0.25) is 0 Å². The first kappa shape index (κ1) is 18.7. The van der Waals surface area contributed by atoms with E-state index in [1.807, 2.05) is 32.0 Å². The monoisotopic (exact) mass is 361 g/mol. The highest BCUT2D eigenvalue weighted by atomic mass is 32.1. The summed E-state index contributed by atoms with van der Waals surface area (Å²) in [6.45, 7) is 3.86. The van der Waals surface area contributed by atoms with Crippen molar-refractivity contribution in [2.24, 2.45) is 5.10 Å². The second-order valence-corrected chi connectivity index (χ2v) is 5.76. The molecule has 0 saturated carbocycles. The molecule has 0 aliphatic heterocycles. The van der Waals surface area contributed by atoms with Crippen LogP contribution in [0.4, 0.5) is 10.1 Å². The summed E-state index contributed by atoms with van der Waals surface area (Å²) in [5.41, 5.74) is 3.66. The van der Waals surface area contributed by atoms with Gasteiger partial charge in [0.15, 0.2) is 16.6 Å². The minimum Gasteiger partial charge on any atom is -0.493 e. The molecule has 2 aromatic rings. The van der Waals surface area contributed by atoms with Crippen LogP contribution in [0.15, 0.2) is 47.6 Å². The van der Waals surface area contributed by atoms with E-state index in [2.05, 4.69) is 15.8 Å². The van der Waals surface area contributed by atoms with Crippen molar-refractivity contribution in [2.45, 2.75) is 20.0 Å². The van der Waals surface area contributed by atoms with Crippen LogP contribution < -0.4 is 20.2 Å². The molecule has 0 amide bonds. The Kier molecular flexibility index (Phi) is 6.71. The zero-order chi connectivity index (χ0) is 18.2. The Hall–Kier alpha value is -2.67. The average Bonchev–Trinajstić information content (AvgIpc) is 2.58. The number of nitrogens with one attached hydrogen (secondary N) is 2. The van der Waals surface area contributed by atoms with Gasteiger partial charge in [-0.25, -0.2) is 4.39 Å². The lowest BCUT2D eigenvalue weighted by Crippen LogP contribution is -2.24.